The van der Waals surface area contributed by atoms with Crippen molar-refractivity contribution in [2.24, 2.45) is 0 Å². The predicted molar refractivity (Wildman–Crippen MR) is 73.9 cm³/mol. The van der Waals surface area contributed by atoms with Crippen LogP contribution in [0.3, 0.4) is 0 Å². The minimum atomic E-state index is -0.671. The summed E-state index contributed by atoms with van der Waals surface area (Å²) in [5.74, 6) is 0. The Morgan fingerprint density at radius 3 is 2.60 bits per heavy atom. The highest BCUT2D eigenvalue weighted by molar-refractivity contribution is 5.65. The zero-order valence-corrected chi connectivity index (χ0v) is 10.8. The fourth-order valence-corrected chi connectivity index (χ4v) is 1.46. The molecule has 1 N–H and O–H groups in total. The summed E-state index contributed by atoms with van der Waals surface area (Å²) in [7, 11) is 0. The first-order valence-corrected chi connectivity index (χ1v) is 5.91. The minimum absolute atomic E-state index is 0.230. The number of ether oxygens (including phenoxy) is 1. The molecule has 0 aliphatic heterocycles. The summed E-state index contributed by atoms with van der Waals surface area (Å²) in [6, 6.07) is 3.47. The summed E-state index contributed by atoms with van der Waals surface area (Å²) in [5, 5.41) is 24.3. The number of nitrogens with one attached hydrogen (secondary N) is 1. The number of non-ortho nitro benzene ring substituents is 1. The van der Waals surface area contributed by atoms with E-state index in [-0.39, 0.29) is 17.1 Å². The van der Waals surface area contributed by atoms with Crippen molar-refractivity contribution in [1.82, 2.24) is 0 Å². The van der Waals surface area contributed by atoms with Gasteiger partial charge in [0.05, 0.1) is 29.1 Å². The number of rotatable bonds is 9. The van der Waals surface area contributed by atoms with Crippen LogP contribution in [0.4, 0.5) is 17.1 Å². The SMILES string of the molecule is C=CCCOCCNc1ccc([N+](=O)[O-])cc1[N+](=O)[O-]. The van der Waals surface area contributed by atoms with Crippen molar-refractivity contribution in [2.75, 3.05) is 25.1 Å². The molecule has 1 rings (SSSR count). The topological polar surface area (TPSA) is 108 Å². The predicted octanol–water partition coefficient (Wildman–Crippen LogP) is 2.51. The second-order valence-electron chi connectivity index (χ2n) is 3.83. The Bertz CT molecular complexity index is 504. The molecule has 0 amide bonds. The Morgan fingerprint density at radius 1 is 1.25 bits per heavy atom. The zero-order valence-electron chi connectivity index (χ0n) is 10.8. The van der Waals surface area contributed by atoms with Crippen molar-refractivity contribution in [3.63, 3.8) is 0 Å². The van der Waals surface area contributed by atoms with E-state index in [2.05, 4.69) is 11.9 Å². The van der Waals surface area contributed by atoms with E-state index in [1.807, 2.05) is 0 Å². The first-order chi connectivity index (χ1) is 9.56. The molecule has 8 heteroatoms. The Balaban J connectivity index is 2.62. The van der Waals surface area contributed by atoms with Crippen molar-refractivity contribution in [2.45, 2.75) is 6.42 Å². The molecule has 0 aliphatic rings. The average molecular weight is 281 g/mol. The van der Waals surface area contributed by atoms with Crippen LogP contribution in [0.5, 0.6) is 0 Å². The van der Waals surface area contributed by atoms with E-state index < -0.39 is 9.85 Å². The molecule has 0 fully saturated rings. The first kappa shape index (κ1) is 15.6. The van der Waals surface area contributed by atoms with Crippen molar-refractivity contribution in [3.8, 4) is 0 Å². The Labute approximate surface area is 115 Å². The van der Waals surface area contributed by atoms with Crippen LogP contribution in [0, 0.1) is 20.2 Å². The van der Waals surface area contributed by atoms with Gasteiger partial charge in [-0.05, 0) is 12.5 Å². The van der Waals surface area contributed by atoms with E-state index >= 15 is 0 Å². The van der Waals surface area contributed by atoms with Gasteiger partial charge in [-0.1, -0.05) is 6.08 Å². The van der Waals surface area contributed by atoms with Gasteiger partial charge in [0.15, 0.2) is 0 Å². The summed E-state index contributed by atoms with van der Waals surface area (Å²) < 4.78 is 5.25. The molecule has 0 spiro atoms. The first-order valence-electron chi connectivity index (χ1n) is 5.91. The third kappa shape index (κ3) is 4.65. The highest BCUT2D eigenvalue weighted by atomic mass is 16.6. The van der Waals surface area contributed by atoms with Crippen LogP contribution < -0.4 is 5.32 Å². The smallest absolute Gasteiger partial charge is 0.299 e. The Kier molecular flexibility index (Phi) is 6.11. The van der Waals surface area contributed by atoms with Crippen LogP contribution in [0.15, 0.2) is 30.9 Å². The van der Waals surface area contributed by atoms with E-state index in [9.17, 15) is 20.2 Å². The van der Waals surface area contributed by atoms with E-state index in [0.717, 1.165) is 12.5 Å². The maximum Gasteiger partial charge on any atom is 0.299 e. The largest absolute Gasteiger partial charge is 0.379 e. The molecule has 0 aromatic heterocycles. The van der Waals surface area contributed by atoms with E-state index in [4.69, 9.17) is 4.74 Å². The van der Waals surface area contributed by atoms with Gasteiger partial charge in [0.1, 0.15) is 5.69 Å². The van der Waals surface area contributed by atoms with E-state index in [1.165, 1.54) is 12.1 Å². The zero-order chi connectivity index (χ0) is 15.0. The molecule has 1 aromatic carbocycles. The fourth-order valence-electron chi connectivity index (χ4n) is 1.46. The summed E-state index contributed by atoms with van der Waals surface area (Å²) >= 11 is 0. The number of nitro groups is 2. The number of nitrogens with zero attached hydrogens (tertiary/aromatic N) is 2. The van der Waals surface area contributed by atoms with Crippen LogP contribution in [-0.2, 0) is 4.74 Å². The van der Waals surface area contributed by atoms with Crippen LogP contribution in [-0.4, -0.2) is 29.6 Å². The Hall–Kier alpha value is -2.48. The Morgan fingerprint density at radius 2 is 2.00 bits per heavy atom. The molecule has 0 saturated heterocycles. The molecule has 8 nitrogen and oxygen atoms in total. The second kappa shape index (κ2) is 7.85. The molecule has 0 heterocycles. The van der Waals surface area contributed by atoms with Gasteiger partial charge in [0.2, 0.25) is 0 Å². The molecule has 0 saturated carbocycles. The number of nitro benzene ring substituents is 2. The van der Waals surface area contributed by atoms with Crippen molar-refractivity contribution in [3.05, 3.63) is 51.1 Å². The third-order valence-corrected chi connectivity index (χ3v) is 2.42. The monoisotopic (exact) mass is 281 g/mol. The number of hydrogen-bond acceptors (Lipinski definition) is 6. The van der Waals surface area contributed by atoms with Crippen LogP contribution >= 0.6 is 0 Å². The van der Waals surface area contributed by atoms with Gasteiger partial charge in [-0.3, -0.25) is 20.2 Å². The lowest BCUT2D eigenvalue weighted by atomic mass is 10.2. The maximum absolute atomic E-state index is 10.9. The minimum Gasteiger partial charge on any atom is -0.379 e. The molecule has 0 unspecified atom stereocenters. The maximum atomic E-state index is 10.9. The lowest BCUT2D eigenvalue weighted by Crippen LogP contribution is -2.11. The van der Waals surface area contributed by atoms with E-state index in [1.54, 1.807) is 6.08 Å². The van der Waals surface area contributed by atoms with Crippen molar-refractivity contribution in [1.29, 1.82) is 0 Å². The van der Waals surface area contributed by atoms with Crippen LogP contribution in [0.1, 0.15) is 6.42 Å². The molecule has 0 atom stereocenters. The number of benzene rings is 1. The van der Waals surface area contributed by atoms with Crippen molar-refractivity contribution < 1.29 is 14.6 Å². The van der Waals surface area contributed by atoms with Gasteiger partial charge in [-0.15, -0.1) is 6.58 Å². The van der Waals surface area contributed by atoms with Gasteiger partial charge in [-0.2, -0.15) is 0 Å². The summed E-state index contributed by atoms with van der Waals surface area (Å²) in [6.07, 6.45) is 2.46. The fraction of sp³-hybridized carbons (Fsp3) is 0.333. The molecule has 20 heavy (non-hydrogen) atoms. The second-order valence-corrected chi connectivity index (χ2v) is 3.83. The lowest BCUT2D eigenvalue weighted by Gasteiger charge is -2.07. The molecular weight excluding hydrogens is 266 g/mol. The molecule has 108 valence electrons. The highest BCUT2D eigenvalue weighted by Gasteiger charge is 2.18. The third-order valence-electron chi connectivity index (χ3n) is 2.42. The standard InChI is InChI=1S/C12H15N3O5/c1-2-3-7-20-8-6-13-11-5-4-10(14(16)17)9-12(11)15(18)19/h2,4-5,9,13H,1,3,6-8H2. The molecule has 0 radical (unpaired) electrons. The van der Waals surface area contributed by atoms with Gasteiger partial charge in [0.25, 0.3) is 11.4 Å². The van der Waals surface area contributed by atoms with Crippen LogP contribution in [0.2, 0.25) is 0 Å². The molecular formula is C12H15N3O5. The van der Waals surface area contributed by atoms with Crippen LogP contribution in [0.25, 0.3) is 0 Å². The normalized spacial score (nSPS) is 10.0. The lowest BCUT2D eigenvalue weighted by molar-refractivity contribution is -0.393. The van der Waals surface area contributed by atoms with Gasteiger partial charge in [-0.25, -0.2) is 0 Å². The summed E-state index contributed by atoms with van der Waals surface area (Å²) in [6.45, 7) is 4.84. The molecule has 0 bridgehead atoms. The number of anilines is 1. The van der Waals surface area contributed by atoms with Crippen molar-refractivity contribution >= 4 is 17.1 Å². The van der Waals surface area contributed by atoms with Gasteiger partial charge < -0.3 is 10.1 Å². The average Bonchev–Trinajstić information content (AvgIpc) is 2.42. The van der Waals surface area contributed by atoms with Gasteiger partial charge >= 0.3 is 0 Å². The molecule has 1 aromatic rings. The number of hydrogen-bond donors (Lipinski definition) is 1. The summed E-state index contributed by atoms with van der Waals surface area (Å²) in [5.41, 5.74) is -0.414. The summed E-state index contributed by atoms with van der Waals surface area (Å²) in [4.78, 5) is 20.1. The van der Waals surface area contributed by atoms with E-state index in [0.29, 0.717) is 19.8 Å². The molecule has 0 aliphatic carbocycles. The quantitative estimate of drug-likeness (QED) is 0.322. The van der Waals surface area contributed by atoms with Gasteiger partial charge in [0, 0.05) is 12.6 Å². The highest BCUT2D eigenvalue weighted by Crippen LogP contribution is 2.28.